The average Bonchev–Trinajstić information content (AvgIpc) is 2.91. The average molecular weight is 287 g/mol. The van der Waals surface area contributed by atoms with E-state index in [1.54, 1.807) is 25.3 Å². The summed E-state index contributed by atoms with van der Waals surface area (Å²) in [6.45, 7) is -0.0277. The van der Waals surface area contributed by atoms with Gasteiger partial charge in [-0.15, -0.1) is 0 Å². The number of hydrogen-bond donors (Lipinski definition) is 1. The van der Waals surface area contributed by atoms with Crippen LogP contribution in [0.15, 0.2) is 42.5 Å². The van der Waals surface area contributed by atoms with Gasteiger partial charge >= 0.3 is 0 Å². The lowest BCUT2D eigenvalue weighted by molar-refractivity contribution is 0.280. The van der Waals surface area contributed by atoms with Crippen LogP contribution >= 0.6 is 11.5 Å². The maximum Gasteiger partial charge on any atom is 0.208 e. The van der Waals surface area contributed by atoms with E-state index in [1.165, 1.54) is 11.5 Å². The highest BCUT2D eigenvalue weighted by Crippen LogP contribution is 2.38. The molecule has 0 unspecified atom stereocenters. The number of benzene rings is 2. The predicted octanol–water partition coefficient (Wildman–Crippen LogP) is 3.59. The summed E-state index contributed by atoms with van der Waals surface area (Å²) >= 11 is 1.31. The molecule has 5 heteroatoms. The summed E-state index contributed by atoms with van der Waals surface area (Å²) in [5.74, 6) is 1.20. The predicted molar refractivity (Wildman–Crippen MR) is 78.6 cm³/mol. The minimum absolute atomic E-state index is 0.0277. The number of hydrogen-bond acceptors (Lipinski definition) is 5. The highest BCUT2D eigenvalue weighted by Gasteiger charge is 2.11. The summed E-state index contributed by atoms with van der Waals surface area (Å²) in [5.41, 5.74) is 1.70. The van der Waals surface area contributed by atoms with Crippen LogP contribution < -0.4 is 9.47 Å². The molecule has 0 fully saturated rings. The second-order valence-corrected chi connectivity index (χ2v) is 4.97. The number of methoxy groups -OCH3 is 1. The van der Waals surface area contributed by atoms with Crippen LogP contribution in [0.5, 0.6) is 16.6 Å². The highest BCUT2D eigenvalue weighted by molar-refractivity contribution is 7.09. The number of rotatable bonds is 4. The Hall–Kier alpha value is -2.11. The molecule has 3 rings (SSSR count). The molecule has 0 aliphatic heterocycles. The van der Waals surface area contributed by atoms with Crippen molar-refractivity contribution in [3.8, 4) is 16.6 Å². The summed E-state index contributed by atoms with van der Waals surface area (Å²) in [5, 5.41) is 10.9. The second kappa shape index (κ2) is 5.48. The van der Waals surface area contributed by atoms with Crippen LogP contribution in [0.1, 0.15) is 5.56 Å². The molecule has 0 aliphatic carbocycles. The first-order chi connectivity index (χ1) is 9.81. The Balaban J connectivity index is 1.98. The Labute approximate surface area is 120 Å². The van der Waals surface area contributed by atoms with Crippen LogP contribution in [-0.2, 0) is 6.61 Å². The standard InChI is InChI=1S/C15H13NO3S/c1-18-14-8-10(9-17)6-7-13(14)19-15-11-4-2-3-5-12(11)16-20-15/h2-8,17H,9H2,1H3. The van der Waals surface area contributed by atoms with Gasteiger partial charge in [-0.1, -0.05) is 18.2 Å². The number of aliphatic hydroxyl groups excluding tert-OH is 1. The zero-order valence-corrected chi connectivity index (χ0v) is 11.7. The minimum Gasteiger partial charge on any atom is -0.493 e. The van der Waals surface area contributed by atoms with Crippen molar-refractivity contribution in [2.75, 3.05) is 7.11 Å². The van der Waals surface area contributed by atoms with Crippen molar-refractivity contribution in [3.05, 3.63) is 48.0 Å². The largest absolute Gasteiger partial charge is 0.493 e. The Morgan fingerprint density at radius 2 is 2.00 bits per heavy atom. The number of aromatic nitrogens is 1. The highest BCUT2D eigenvalue weighted by atomic mass is 32.1. The molecular weight excluding hydrogens is 274 g/mol. The molecule has 0 atom stereocenters. The van der Waals surface area contributed by atoms with Crippen molar-refractivity contribution in [2.45, 2.75) is 6.61 Å². The number of aliphatic hydroxyl groups is 1. The van der Waals surface area contributed by atoms with Crippen molar-refractivity contribution in [3.63, 3.8) is 0 Å². The Bertz CT molecular complexity index is 739. The first-order valence-electron chi connectivity index (χ1n) is 6.12. The van der Waals surface area contributed by atoms with Crippen LogP contribution in [0.4, 0.5) is 0 Å². The Kier molecular flexibility index (Phi) is 3.54. The third-order valence-electron chi connectivity index (χ3n) is 2.96. The van der Waals surface area contributed by atoms with Gasteiger partial charge in [0, 0.05) is 11.5 Å². The number of ether oxygens (including phenoxy) is 2. The Morgan fingerprint density at radius 3 is 2.80 bits per heavy atom. The summed E-state index contributed by atoms with van der Waals surface area (Å²) in [4.78, 5) is 0. The molecule has 1 heterocycles. The van der Waals surface area contributed by atoms with E-state index in [1.807, 2.05) is 24.3 Å². The summed E-state index contributed by atoms with van der Waals surface area (Å²) in [7, 11) is 1.58. The fraction of sp³-hybridized carbons (Fsp3) is 0.133. The van der Waals surface area contributed by atoms with Crippen LogP contribution in [-0.4, -0.2) is 16.6 Å². The second-order valence-electron chi connectivity index (χ2n) is 4.23. The van der Waals surface area contributed by atoms with Gasteiger partial charge < -0.3 is 14.6 Å². The third kappa shape index (κ3) is 2.33. The molecule has 0 spiro atoms. The normalized spacial score (nSPS) is 10.7. The van der Waals surface area contributed by atoms with E-state index in [0.29, 0.717) is 11.5 Å². The van der Waals surface area contributed by atoms with E-state index in [4.69, 9.17) is 14.6 Å². The smallest absolute Gasteiger partial charge is 0.208 e. The quantitative estimate of drug-likeness (QED) is 0.796. The van der Waals surface area contributed by atoms with Crippen LogP contribution in [0, 0.1) is 0 Å². The topological polar surface area (TPSA) is 51.6 Å². The van der Waals surface area contributed by atoms with Crippen molar-refractivity contribution in [1.82, 2.24) is 4.37 Å². The van der Waals surface area contributed by atoms with Gasteiger partial charge in [-0.3, -0.25) is 0 Å². The Morgan fingerprint density at radius 1 is 1.15 bits per heavy atom. The molecule has 102 valence electrons. The lowest BCUT2D eigenvalue weighted by Crippen LogP contribution is -1.92. The summed E-state index contributed by atoms with van der Waals surface area (Å²) < 4.78 is 15.5. The van der Waals surface area contributed by atoms with Crippen LogP contribution in [0.25, 0.3) is 10.9 Å². The van der Waals surface area contributed by atoms with E-state index >= 15 is 0 Å². The molecule has 4 nitrogen and oxygen atoms in total. The van der Waals surface area contributed by atoms with E-state index in [-0.39, 0.29) is 6.61 Å². The van der Waals surface area contributed by atoms with Crippen molar-refractivity contribution in [2.24, 2.45) is 0 Å². The van der Waals surface area contributed by atoms with Gasteiger partial charge in [0.05, 0.1) is 24.6 Å². The molecule has 0 amide bonds. The SMILES string of the molecule is COc1cc(CO)ccc1Oc1snc2ccccc12. The minimum atomic E-state index is -0.0277. The monoisotopic (exact) mass is 287 g/mol. The van der Waals surface area contributed by atoms with Gasteiger partial charge in [-0.25, -0.2) is 0 Å². The van der Waals surface area contributed by atoms with Gasteiger partial charge in [0.15, 0.2) is 11.5 Å². The third-order valence-corrected chi connectivity index (χ3v) is 3.72. The van der Waals surface area contributed by atoms with E-state index in [9.17, 15) is 0 Å². The first-order valence-corrected chi connectivity index (χ1v) is 6.89. The van der Waals surface area contributed by atoms with Crippen molar-refractivity contribution < 1.29 is 14.6 Å². The number of nitrogens with zero attached hydrogens (tertiary/aromatic N) is 1. The van der Waals surface area contributed by atoms with Gasteiger partial charge in [0.2, 0.25) is 5.06 Å². The van der Waals surface area contributed by atoms with Crippen LogP contribution in [0.3, 0.4) is 0 Å². The molecule has 20 heavy (non-hydrogen) atoms. The maximum absolute atomic E-state index is 9.14. The van der Waals surface area contributed by atoms with Gasteiger partial charge in [-0.05, 0) is 29.8 Å². The molecule has 0 bridgehead atoms. The molecule has 2 aromatic carbocycles. The van der Waals surface area contributed by atoms with Crippen molar-refractivity contribution in [1.29, 1.82) is 0 Å². The molecule has 1 N–H and O–H groups in total. The molecule has 0 saturated carbocycles. The zero-order chi connectivity index (χ0) is 13.9. The molecule has 0 aliphatic rings. The summed E-state index contributed by atoms with van der Waals surface area (Å²) in [6.07, 6.45) is 0. The molecule has 1 aromatic heterocycles. The molecule has 3 aromatic rings. The fourth-order valence-corrected chi connectivity index (χ4v) is 2.67. The summed E-state index contributed by atoms with van der Waals surface area (Å²) in [6, 6.07) is 13.2. The lowest BCUT2D eigenvalue weighted by Gasteiger charge is -2.10. The zero-order valence-electron chi connectivity index (χ0n) is 10.9. The maximum atomic E-state index is 9.14. The number of fused-ring (bicyclic) bond motifs is 1. The van der Waals surface area contributed by atoms with E-state index < -0.39 is 0 Å². The van der Waals surface area contributed by atoms with E-state index in [2.05, 4.69) is 4.37 Å². The molecule has 0 saturated heterocycles. The van der Waals surface area contributed by atoms with Crippen LogP contribution in [0.2, 0.25) is 0 Å². The fourth-order valence-electron chi connectivity index (χ4n) is 1.93. The van der Waals surface area contributed by atoms with Gasteiger partial charge in [0.25, 0.3) is 0 Å². The molecular formula is C15H13NO3S. The first kappa shape index (κ1) is 12.9. The molecule has 0 radical (unpaired) electrons. The van der Waals surface area contributed by atoms with Gasteiger partial charge in [-0.2, -0.15) is 4.37 Å². The van der Waals surface area contributed by atoms with E-state index in [0.717, 1.165) is 21.5 Å². The lowest BCUT2D eigenvalue weighted by atomic mass is 10.2. The van der Waals surface area contributed by atoms with Crippen molar-refractivity contribution >= 4 is 22.4 Å². The van der Waals surface area contributed by atoms with Gasteiger partial charge in [0.1, 0.15) is 0 Å².